The van der Waals surface area contributed by atoms with Crippen molar-refractivity contribution in [3.8, 4) is 5.75 Å². The molecule has 1 fully saturated rings. The van der Waals surface area contributed by atoms with Crippen molar-refractivity contribution in [1.82, 2.24) is 15.6 Å². The van der Waals surface area contributed by atoms with Crippen LogP contribution in [0.5, 0.6) is 5.75 Å². The van der Waals surface area contributed by atoms with Crippen LogP contribution in [0, 0.1) is 0 Å². The summed E-state index contributed by atoms with van der Waals surface area (Å²) in [6.45, 7) is 1.91. The Labute approximate surface area is 101 Å². The van der Waals surface area contributed by atoms with E-state index in [4.69, 9.17) is 4.74 Å². The molecule has 2 heterocycles. The van der Waals surface area contributed by atoms with E-state index in [0.717, 1.165) is 25.9 Å². The van der Waals surface area contributed by atoms with Gasteiger partial charge >= 0.3 is 0 Å². The number of ether oxygens (including phenoxy) is 1. The Kier molecular flexibility index (Phi) is 3.93. The van der Waals surface area contributed by atoms with Gasteiger partial charge in [-0.05, 0) is 25.5 Å². The largest absolute Gasteiger partial charge is 0.489 e. The summed E-state index contributed by atoms with van der Waals surface area (Å²) in [5.74, 6) is 0.504. The van der Waals surface area contributed by atoms with E-state index in [9.17, 15) is 4.79 Å². The first-order valence-corrected chi connectivity index (χ1v) is 5.85. The third-order valence-corrected chi connectivity index (χ3v) is 2.75. The fourth-order valence-electron chi connectivity index (χ4n) is 1.85. The van der Waals surface area contributed by atoms with Gasteiger partial charge in [0.1, 0.15) is 17.5 Å². The molecule has 0 saturated carbocycles. The van der Waals surface area contributed by atoms with Crippen molar-refractivity contribution >= 4 is 5.91 Å². The monoisotopic (exact) mass is 235 g/mol. The number of aromatic nitrogens is 1. The van der Waals surface area contributed by atoms with Crippen LogP contribution in [-0.2, 0) is 0 Å². The molecule has 1 aromatic rings. The van der Waals surface area contributed by atoms with E-state index in [1.807, 2.05) is 0 Å². The van der Waals surface area contributed by atoms with Gasteiger partial charge in [0.15, 0.2) is 0 Å². The second-order valence-electron chi connectivity index (χ2n) is 4.04. The highest BCUT2D eigenvalue weighted by Crippen LogP contribution is 2.16. The number of hydrogen-bond acceptors (Lipinski definition) is 4. The zero-order valence-corrected chi connectivity index (χ0v) is 9.90. The number of carbonyl (C=O) groups excluding carboxylic acids is 1. The summed E-state index contributed by atoms with van der Waals surface area (Å²) in [4.78, 5) is 15.4. The molecular weight excluding hydrogens is 218 g/mol. The number of carbonyl (C=O) groups is 1. The van der Waals surface area contributed by atoms with Crippen molar-refractivity contribution in [3.63, 3.8) is 0 Å². The maximum atomic E-state index is 11.4. The Morgan fingerprint density at radius 3 is 3.24 bits per heavy atom. The molecule has 17 heavy (non-hydrogen) atoms. The van der Waals surface area contributed by atoms with Gasteiger partial charge in [0.05, 0.1) is 0 Å². The Bertz CT molecular complexity index is 389. The zero-order chi connectivity index (χ0) is 12.1. The van der Waals surface area contributed by atoms with Gasteiger partial charge in [-0.25, -0.2) is 0 Å². The van der Waals surface area contributed by atoms with Crippen LogP contribution in [0.2, 0.25) is 0 Å². The highest BCUT2D eigenvalue weighted by atomic mass is 16.5. The van der Waals surface area contributed by atoms with Crippen LogP contribution in [0.4, 0.5) is 0 Å². The fraction of sp³-hybridized carbons (Fsp3) is 0.500. The highest BCUT2D eigenvalue weighted by Gasteiger charge is 2.15. The lowest BCUT2D eigenvalue weighted by molar-refractivity contribution is 0.0957. The van der Waals surface area contributed by atoms with E-state index in [0.29, 0.717) is 11.4 Å². The Balaban J connectivity index is 2.02. The summed E-state index contributed by atoms with van der Waals surface area (Å²) in [6.07, 6.45) is 3.95. The van der Waals surface area contributed by atoms with Gasteiger partial charge in [0.25, 0.3) is 5.91 Å². The minimum atomic E-state index is -0.197. The minimum absolute atomic E-state index is 0.184. The highest BCUT2D eigenvalue weighted by molar-refractivity contribution is 5.92. The van der Waals surface area contributed by atoms with Crippen molar-refractivity contribution < 1.29 is 9.53 Å². The van der Waals surface area contributed by atoms with E-state index in [-0.39, 0.29) is 12.0 Å². The van der Waals surface area contributed by atoms with Crippen LogP contribution in [0.1, 0.15) is 23.3 Å². The van der Waals surface area contributed by atoms with Crippen molar-refractivity contribution in [1.29, 1.82) is 0 Å². The van der Waals surface area contributed by atoms with Gasteiger partial charge < -0.3 is 15.4 Å². The van der Waals surface area contributed by atoms with Crippen molar-refractivity contribution in [2.45, 2.75) is 18.9 Å². The van der Waals surface area contributed by atoms with Gasteiger partial charge in [-0.3, -0.25) is 9.78 Å². The number of nitrogens with one attached hydrogen (secondary N) is 2. The summed E-state index contributed by atoms with van der Waals surface area (Å²) in [6, 6.07) is 3.45. The quantitative estimate of drug-likeness (QED) is 0.804. The van der Waals surface area contributed by atoms with Crippen LogP contribution in [0.25, 0.3) is 0 Å². The van der Waals surface area contributed by atoms with Crippen LogP contribution >= 0.6 is 0 Å². The Morgan fingerprint density at radius 1 is 1.65 bits per heavy atom. The fourth-order valence-corrected chi connectivity index (χ4v) is 1.85. The average Bonchev–Trinajstić information content (AvgIpc) is 2.39. The Morgan fingerprint density at radius 2 is 2.53 bits per heavy atom. The molecule has 0 bridgehead atoms. The molecular formula is C12H17N3O2. The molecule has 0 aromatic carbocycles. The number of pyridine rings is 1. The summed E-state index contributed by atoms with van der Waals surface area (Å²) in [5, 5.41) is 5.83. The molecule has 2 rings (SSSR count). The SMILES string of the molecule is CNC(=O)c1cc(O[C@H]2CCCNC2)ccn1. The maximum Gasteiger partial charge on any atom is 0.269 e. The molecule has 5 heteroatoms. The van der Waals surface area contributed by atoms with Gasteiger partial charge in [-0.1, -0.05) is 0 Å². The van der Waals surface area contributed by atoms with Crippen molar-refractivity contribution in [2.24, 2.45) is 0 Å². The standard InChI is InChI=1S/C12H17N3O2/c1-13-12(16)11-7-9(4-6-15-11)17-10-3-2-5-14-8-10/h4,6-7,10,14H,2-3,5,8H2,1H3,(H,13,16)/t10-/m0/s1. The molecule has 0 aliphatic carbocycles. The zero-order valence-electron chi connectivity index (χ0n) is 9.90. The average molecular weight is 235 g/mol. The second-order valence-corrected chi connectivity index (χ2v) is 4.04. The summed E-state index contributed by atoms with van der Waals surface area (Å²) >= 11 is 0. The molecule has 2 N–H and O–H groups in total. The van der Waals surface area contributed by atoms with E-state index >= 15 is 0 Å². The second kappa shape index (κ2) is 5.63. The topological polar surface area (TPSA) is 63.2 Å². The predicted octanol–water partition coefficient (Wildman–Crippen LogP) is 0.572. The van der Waals surface area contributed by atoms with Gasteiger partial charge in [0.2, 0.25) is 0 Å². The number of hydrogen-bond donors (Lipinski definition) is 2. The molecule has 1 amide bonds. The van der Waals surface area contributed by atoms with Gasteiger partial charge in [-0.15, -0.1) is 0 Å². The van der Waals surface area contributed by atoms with Crippen LogP contribution in [-0.4, -0.2) is 37.1 Å². The lowest BCUT2D eigenvalue weighted by Gasteiger charge is -2.23. The summed E-state index contributed by atoms with van der Waals surface area (Å²) in [5.41, 5.74) is 0.383. The summed E-state index contributed by atoms with van der Waals surface area (Å²) in [7, 11) is 1.59. The molecule has 0 spiro atoms. The number of piperidine rings is 1. The van der Waals surface area contributed by atoms with Crippen LogP contribution in [0.3, 0.4) is 0 Å². The molecule has 1 atom stereocenters. The smallest absolute Gasteiger partial charge is 0.269 e. The Hall–Kier alpha value is -1.62. The molecule has 0 radical (unpaired) electrons. The third kappa shape index (κ3) is 3.17. The third-order valence-electron chi connectivity index (χ3n) is 2.75. The van der Waals surface area contributed by atoms with Crippen molar-refractivity contribution in [3.05, 3.63) is 24.0 Å². The van der Waals surface area contributed by atoms with Gasteiger partial charge in [-0.2, -0.15) is 0 Å². The van der Waals surface area contributed by atoms with E-state index < -0.39 is 0 Å². The van der Waals surface area contributed by atoms with Crippen LogP contribution in [0.15, 0.2) is 18.3 Å². The first-order valence-electron chi connectivity index (χ1n) is 5.85. The molecule has 0 unspecified atom stereocenters. The van der Waals surface area contributed by atoms with E-state index in [1.165, 1.54) is 0 Å². The van der Waals surface area contributed by atoms with Gasteiger partial charge in [0, 0.05) is 25.9 Å². The first kappa shape index (κ1) is 11.9. The molecule has 5 nitrogen and oxygen atoms in total. The normalized spacial score (nSPS) is 19.7. The van der Waals surface area contributed by atoms with E-state index in [2.05, 4.69) is 15.6 Å². The lowest BCUT2D eigenvalue weighted by atomic mass is 10.1. The molecule has 1 aromatic heterocycles. The molecule has 1 aliphatic rings. The number of nitrogens with zero attached hydrogens (tertiary/aromatic N) is 1. The lowest BCUT2D eigenvalue weighted by Crippen LogP contribution is -2.37. The first-order chi connectivity index (χ1) is 8.29. The van der Waals surface area contributed by atoms with Crippen LogP contribution < -0.4 is 15.4 Å². The van der Waals surface area contributed by atoms with Crippen molar-refractivity contribution in [2.75, 3.05) is 20.1 Å². The molecule has 1 aliphatic heterocycles. The molecule has 1 saturated heterocycles. The number of rotatable bonds is 3. The minimum Gasteiger partial charge on any atom is -0.489 e. The number of amides is 1. The maximum absolute atomic E-state index is 11.4. The summed E-state index contributed by atoms with van der Waals surface area (Å²) < 4.78 is 5.81. The van der Waals surface area contributed by atoms with E-state index in [1.54, 1.807) is 25.4 Å². The molecule has 92 valence electrons. The predicted molar refractivity (Wildman–Crippen MR) is 64.1 cm³/mol.